The van der Waals surface area contributed by atoms with Gasteiger partial charge in [0.05, 0.1) is 0 Å². The van der Waals surface area contributed by atoms with Crippen LogP contribution in [0.4, 0.5) is 11.6 Å². The van der Waals surface area contributed by atoms with Gasteiger partial charge in [0.2, 0.25) is 5.91 Å². The van der Waals surface area contributed by atoms with Crippen molar-refractivity contribution in [1.29, 1.82) is 0 Å². The van der Waals surface area contributed by atoms with E-state index in [4.69, 9.17) is 0 Å². The highest BCUT2D eigenvalue weighted by Gasteiger charge is 2.13. The van der Waals surface area contributed by atoms with E-state index in [0.29, 0.717) is 13.0 Å². The average Bonchev–Trinajstić information content (AvgIpc) is 2.36. The quantitative estimate of drug-likeness (QED) is 0.718. The molecule has 0 spiro atoms. The number of nitrogens with zero attached hydrogens (tertiary/aromatic N) is 2. The highest BCUT2D eigenvalue weighted by atomic mass is 16.1. The number of aromatic nitrogens is 2. The van der Waals surface area contributed by atoms with Gasteiger partial charge in [-0.3, -0.25) is 4.79 Å². The summed E-state index contributed by atoms with van der Waals surface area (Å²) in [4.78, 5) is 20.5. The number of aryl methyl sites for hydroxylation is 1. The molecule has 3 N–H and O–H groups in total. The molecule has 0 radical (unpaired) electrons. The molecule has 6 nitrogen and oxygen atoms in total. The molecule has 1 amide bonds. The summed E-state index contributed by atoms with van der Waals surface area (Å²) in [5.41, 5.74) is -0.195. The summed E-state index contributed by atoms with van der Waals surface area (Å²) in [6.07, 6.45) is 1.19. The minimum Gasteiger partial charge on any atom is -0.370 e. The lowest BCUT2D eigenvalue weighted by Crippen LogP contribution is -2.41. The molecule has 0 saturated carbocycles. The van der Waals surface area contributed by atoms with Crippen LogP contribution in [0.5, 0.6) is 0 Å². The van der Waals surface area contributed by atoms with Gasteiger partial charge in [0.25, 0.3) is 0 Å². The number of amides is 1. The molecular weight excluding hydrogens is 266 g/mol. The summed E-state index contributed by atoms with van der Waals surface area (Å²) in [5.74, 6) is 2.38. The van der Waals surface area contributed by atoms with Crippen LogP contribution in [0.3, 0.4) is 0 Å². The van der Waals surface area contributed by atoms with Crippen LogP contribution in [0.25, 0.3) is 0 Å². The zero-order chi connectivity index (χ0) is 15.9. The van der Waals surface area contributed by atoms with Crippen molar-refractivity contribution in [2.75, 3.05) is 23.7 Å². The second kappa shape index (κ2) is 7.81. The van der Waals surface area contributed by atoms with E-state index in [1.807, 2.05) is 40.7 Å². The second-order valence-corrected chi connectivity index (χ2v) is 5.91. The molecule has 0 aromatic carbocycles. The molecule has 6 heteroatoms. The molecular formula is C15H27N5O. The lowest BCUT2D eigenvalue weighted by Gasteiger charge is -2.20. The highest BCUT2D eigenvalue weighted by molar-refractivity contribution is 5.77. The Labute approximate surface area is 127 Å². The minimum atomic E-state index is -0.195. The topological polar surface area (TPSA) is 78.9 Å². The molecule has 0 bridgehead atoms. The van der Waals surface area contributed by atoms with Crippen LogP contribution in [0.15, 0.2) is 6.07 Å². The van der Waals surface area contributed by atoms with Crippen LogP contribution < -0.4 is 16.0 Å². The Bertz CT molecular complexity index is 468. The first-order chi connectivity index (χ1) is 9.84. The first-order valence-corrected chi connectivity index (χ1v) is 7.50. The van der Waals surface area contributed by atoms with E-state index < -0.39 is 0 Å². The van der Waals surface area contributed by atoms with Gasteiger partial charge in [0.15, 0.2) is 0 Å². The van der Waals surface area contributed by atoms with E-state index in [1.165, 1.54) is 0 Å². The Kier molecular flexibility index (Phi) is 6.39. The van der Waals surface area contributed by atoms with Crippen molar-refractivity contribution in [2.45, 2.75) is 53.0 Å². The van der Waals surface area contributed by atoms with Gasteiger partial charge in [-0.25, -0.2) is 9.97 Å². The van der Waals surface area contributed by atoms with E-state index >= 15 is 0 Å². The van der Waals surface area contributed by atoms with Gasteiger partial charge in [0.1, 0.15) is 17.5 Å². The number of hydrogen-bond acceptors (Lipinski definition) is 5. The lowest BCUT2D eigenvalue weighted by molar-refractivity contribution is -0.122. The Balaban J connectivity index is 2.54. The number of rotatable bonds is 7. The van der Waals surface area contributed by atoms with Gasteiger partial charge in [-0.05, 0) is 27.7 Å². The summed E-state index contributed by atoms with van der Waals surface area (Å²) in [5, 5.41) is 9.30. The lowest BCUT2D eigenvalue weighted by atomic mass is 10.1. The predicted octanol–water partition coefficient (Wildman–Crippen LogP) is 2.19. The fraction of sp³-hybridized carbons (Fsp3) is 0.667. The van der Waals surface area contributed by atoms with Crippen molar-refractivity contribution in [3.8, 4) is 0 Å². The number of anilines is 2. The standard InChI is InChI=1S/C15H27N5O/c1-6-11-18-12(16-7-2)10-13(19-11)17-9-8-14(21)20-15(3,4)5/h10H,6-9H2,1-5H3,(H,20,21)(H2,16,17,18,19). The smallest absolute Gasteiger partial charge is 0.222 e. The predicted molar refractivity (Wildman–Crippen MR) is 86.6 cm³/mol. The summed E-state index contributed by atoms with van der Waals surface area (Å²) >= 11 is 0. The van der Waals surface area contributed by atoms with E-state index in [2.05, 4.69) is 25.9 Å². The normalized spacial score (nSPS) is 11.1. The molecule has 1 aromatic heterocycles. The van der Waals surface area contributed by atoms with Gasteiger partial charge in [0, 0.05) is 37.5 Å². The molecule has 1 rings (SSSR count). The molecule has 0 aliphatic rings. The van der Waals surface area contributed by atoms with Gasteiger partial charge in [-0.2, -0.15) is 0 Å². The highest BCUT2D eigenvalue weighted by Crippen LogP contribution is 2.11. The Morgan fingerprint density at radius 3 is 2.29 bits per heavy atom. The van der Waals surface area contributed by atoms with Crippen molar-refractivity contribution >= 4 is 17.5 Å². The fourth-order valence-corrected chi connectivity index (χ4v) is 1.80. The minimum absolute atomic E-state index is 0.0340. The molecule has 118 valence electrons. The zero-order valence-corrected chi connectivity index (χ0v) is 13.7. The van der Waals surface area contributed by atoms with Crippen molar-refractivity contribution in [2.24, 2.45) is 0 Å². The van der Waals surface area contributed by atoms with Crippen molar-refractivity contribution in [3.63, 3.8) is 0 Å². The first-order valence-electron chi connectivity index (χ1n) is 7.50. The maximum absolute atomic E-state index is 11.7. The van der Waals surface area contributed by atoms with Crippen molar-refractivity contribution in [3.05, 3.63) is 11.9 Å². The maximum Gasteiger partial charge on any atom is 0.222 e. The molecule has 0 aliphatic heterocycles. The zero-order valence-electron chi connectivity index (χ0n) is 13.7. The molecule has 1 aromatic rings. The first kappa shape index (κ1) is 17.2. The van der Waals surface area contributed by atoms with Crippen LogP contribution in [-0.4, -0.2) is 34.5 Å². The molecule has 21 heavy (non-hydrogen) atoms. The maximum atomic E-state index is 11.7. The largest absolute Gasteiger partial charge is 0.370 e. The monoisotopic (exact) mass is 293 g/mol. The molecule has 0 fully saturated rings. The summed E-state index contributed by atoms with van der Waals surface area (Å²) in [6.45, 7) is 11.3. The molecule has 0 atom stereocenters. The van der Waals surface area contributed by atoms with Crippen LogP contribution in [0.2, 0.25) is 0 Å². The molecule has 1 heterocycles. The third-order valence-electron chi connectivity index (χ3n) is 2.62. The number of carbonyl (C=O) groups is 1. The third kappa shape index (κ3) is 6.92. The summed E-state index contributed by atoms with van der Waals surface area (Å²) in [6, 6.07) is 1.87. The van der Waals surface area contributed by atoms with Crippen LogP contribution in [0, 0.1) is 0 Å². The Morgan fingerprint density at radius 1 is 1.14 bits per heavy atom. The summed E-state index contributed by atoms with van der Waals surface area (Å²) < 4.78 is 0. The van der Waals surface area contributed by atoms with E-state index in [0.717, 1.165) is 30.4 Å². The number of nitrogens with one attached hydrogen (secondary N) is 3. The molecule has 0 aliphatic carbocycles. The number of carbonyl (C=O) groups excluding carboxylic acids is 1. The number of hydrogen-bond donors (Lipinski definition) is 3. The van der Waals surface area contributed by atoms with Crippen LogP contribution in [-0.2, 0) is 11.2 Å². The molecule has 0 unspecified atom stereocenters. The van der Waals surface area contributed by atoms with Gasteiger partial charge in [-0.15, -0.1) is 0 Å². The average molecular weight is 293 g/mol. The van der Waals surface area contributed by atoms with E-state index in [9.17, 15) is 4.79 Å². The Morgan fingerprint density at radius 2 is 1.76 bits per heavy atom. The SMILES string of the molecule is CCNc1cc(NCCC(=O)NC(C)(C)C)nc(CC)n1. The Hall–Kier alpha value is -1.85. The van der Waals surface area contributed by atoms with Crippen molar-refractivity contribution in [1.82, 2.24) is 15.3 Å². The van der Waals surface area contributed by atoms with Crippen LogP contribution in [0.1, 0.15) is 46.9 Å². The van der Waals surface area contributed by atoms with E-state index in [-0.39, 0.29) is 11.4 Å². The van der Waals surface area contributed by atoms with Gasteiger partial charge >= 0.3 is 0 Å². The summed E-state index contributed by atoms with van der Waals surface area (Å²) in [7, 11) is 0. The second-order valence-electron chi connectivity index (χ2n) is 5.91. The fourth-order valence-electron chi connectivity index (χ4n) is 1.80. The molecule has 0 saturated heterocycles. The van der Waals surface area contributed by atoms with Gasteiger partial charge in [-0.1, -0.05) is 6.92 Å². The van der Waals surface area contributed by atoms with E-state index in [1.54, 1.807) is 0 Å². The van der Waals surface area contributed by atoms with Crippen LogP contribution >= 0.6 is 0 Å². The van der Waals surface area contributed by atoms with Crippen molar-refractivity contribution < 1.29 is 4.79 Å². The van der Waals surface area contributed by atoms with Gasteiger partial charge < -0.3 is 16.0 Å². The third-order valence-corrected chi connectivity index (χ3v) is 2.62.